The van der Waals surface area contributed by atoms with Crippen LogP contribution in [0, 0.1) is 0 Å². The van der Waals surface area contributed by atoms with E-state index in [4.69, 9.17) is 4.42 Å². The van der Waals surface area contributed by atoms with E-state index in [0.717, 1.165) is 5.56 Å². The molecule has 0 unspecified atom stereocenters. The summed E-state index contributed by atoms with van der Waals surface area (Å²) >= 11 is 0. The van der Waals surface area contributed by atoms with Gasteiger partial charge in [-0.3, -0.25) is 9.78 Å². The van der Waals surface area contributed by atoms with E-state index in [-0.39, 0.29) is 5.56 Å². The molecule has 0 saturated heterocycles. The molecule has 1 N–H and O–H groups in total. The second-order valence-electron chi connectivity index (χ2n) is 4.86. The van der Waals surface area contributed by atoms with Crippen LogP contribution in [-0.2, 0) is 0 Å². The third-order valence-electron chi connectivity index (χ3n) is 3.31. The van der Waals surface area contributed by atoms with Crippen LogP contribution in [0.25, 0.3) is 11.0 Å². The summed E-state index contributed by atoms with van der Waals surface area (Å²) in [5.41, 5.74) is 3.45. The van der Waals surface area contributed by atoms with E-state index in [2.05, 4.69) is 15.5 Å². The molecule has 0 aliphatic rings. The highest BCUT2D eigenvalue weighted by Gasteiger charge is 2.13. The van der Waals surface area contributed by atoms with Crippen molar-refractivity contribution in [2.75, 3.05) is 0 Å². The zero-order valence-electron chi connectivity index (χ0n) is 12.3. The number of para-hydroxylation sites is 1. The molecule has 6 nitrogen and oxygen atoms in total. The topological polar surface area (TPSA) is 84.6 Å². The first-order valence-electron chi connectivity index (χ1n) is 6.93. The van der Waals surface area contributed by atoms with E-state index in [1.165, 1.54) is 6.07 Å². The molecule has 1 amide bonds. The van der Waals surface area contributed by atoms with Crippen molar-refractivity contribution >= 4 is 22.6 Å². The molecule has 2 aromatic heterocycles. The fourth-order valence-corrected chi connectivity index (χ4v) is 2.07. The number of nitrogens with one attached hydrogen (secondary N) is 1. The van der Waals surface area contributed by atoms with Crippen molar-refractivity contribution in [3.63, 3.8) is 0 Å². The number of pyridine rings is 1. The Hall–Kier alpha value is -3.28. The Kier molecular flexibility index (Phi) is 3.97. The van der Waals surface area contributed by atoms with Crippen molar-refractivity contribution < 1.29 is 9.21 Å². The maximum atomic E-state index is 12.2. The van der Waals surface area contributed by atoms with E-state index in [1.807, 2.05) is 0 Å². The van der Waals surface area contributed by atoms with Gasteiger partial charge in [0.15, 0.2) is 0 Å². The first kappa shape index (κ1) is 14.6. The third-order valence-corrected chi connectivity index (χ3v) is 3.31. The molecular formula is C17H13N3O3. The summed E-state index contributed by atoms with van der Waals surface area (Å²) in [4.78, 5) is 28.0. The fourth-order valence-electron chi connectivity index (χ4n) is 2.07. The van der Waals surface area contributed by atoms with Gasteiger partial charge in [0.25, 0.3) is 5.91 Å². The molecule has 0 aliphatic carbocycles. The van der Waals surface area contributed by atoms with Crippen LogP contribution in [0.5, 0.6) is 0 Å². The molecule has 23 heavy (non-hydrogen) atoms. The molecule has 2 heterocycles. The van der Waals surface area contributed by atoms with Crippen LogP contribution in [0.15, 0.2) is 69.2 Å². The van der Waals surface area contributed by atoms with Crippen molar-refractivity contribution in [2.45, 2.75) is 6.92 Å². The van der Waals surface area contributed by atoms with Crippen molar-refractivity contribution in [1.82, 2.24) is 10.4 Å². The van der Waals surface area contributed by atoms with E-state index < -0.39 is 11.5 Å². The van der Waals surface area contributed by atoms with E-state index >= 15 is 0 Å². The van der Waals surface area contributed by atoms with Gasteiger partial charge in [-0.1, -0.05) is 18.2 Å². The molecule has 0 aliphatic heterocycles. The van der Waals surface area contributed by atoms with Crippen LogP contribution in [0.2, 0.25) is 0 Å². The number of rotatable bonds is 3. The molecule has 6 heteroatoms. The number of carbonyl (C=O) groups is 1. The predicted molar refractivity (Wildman–Crippen MR) is 86.4 cm³/mol. The first-order valence-corrected chi connectivity index (χ1v) is 6.93. The highest BCUT2D eigenvalue weighted by atomic mass is 16.4. The third kappa shape index (κ3) is 3.16. The second kappa shape index (κ2) is 6.23. The normalized spacial score (nSPS) is 11.4. The molecule has 0 atom stereocenters. The minimum atomic E-state index is -0.696. The zero-order valence-corrected chi connectivity index (χ0v) is 12.3. The molecule has 3 rings (SSSR count). The van der Waals surface area contributed by atoms with Gasteiger partial charge >= 0.3 is 5.63 Å². The molecule has 0 fully saturated rings. The average Bonchev–Trinajstić information content (AvgIpc) is 2.59. The van der Waals surface area contributed by atoms with Gasteiger partial charge in [-0.05, 0) is 31.2 Å². The summed E-state index contributed by atoms with van der Waals surface area (Å²) in [5, 5.41) is 4.67. The van der Waals surface area contributed by atoms with Gasteiger partial charge in [0.1, 0.15) is 11.1 Å². The quantitative estimate of drug-likeness (QED) is 0.457. The van der Waals surface area contributed by atoms with E-state index in [0.29, 0.717) is 16.7 Å². The lowest BCUT2D eigenvalue weighted by atomic mass is 10.2. The molecule has 3 aromatic rings. The summed E-state index contributed by atoms with van der Waals surface area (Å²) in [6.07, 6.45) is 3.27. The Bertz CT molecular complexity index is 946. The number of carbonyl (C=O) groups excluding carboxylic acids is 1. The SMILES string of the molecule is C/C(=N\NC(=O)c1cc2ccccc2oc1=O)c1ccncc1. The van der Waals surface area contributed by atoms with Gasteiger partial charge in [0.2, 0.25) is 0 Å². The molecule has 0 saturated carbocycles. The van der Waals surface area contributed by atoms with E-state index in [9.17, 15) is 9.59 Å². The monoisotopic (exact) mass is 307 g/mol. The first-order chi connectivity index (χ1) is 11.1. The molecule has 1 aromatic carbocycles. The summed E-state index contributed by atoms with van der Waals surface area (Å²) in [6, 6.07) is 12.0. The van der Waals surface area contributed by atoms with Crippen LogP contribution < -0.4 is 11.1 Å². The average molecular weight is 307 g/mol. The van der Waals surface area contributed by atoms with Gasteiger partial charge in [-0.25, -0.2) is 10.2 Å². The van der Waals surface area contributed by atoms with Gasteiger partial charge in [-0.15, -0.1) is 0 Å². The maximum Gasteiger partial charge on any atom is 0.349 e. The van der Waals surface area contributed by atoms with Gasteiger partial charge in [0.05, 0.1) is 5.71 Å². The summed E-state index contributed by atoms with van der Waals surface area (Å²) in [5.74, 6) is -0.613. The summed E-state index contributed by atoms with van der Waals surface area (Å²) < 4.78 is 5.13. The molecular weight excluding hydrogens is 294 g/mol. The second-order valence-corrected chi connectivity index (χ2v) is 4.86. The lowest BCUT2D eigenvalue weighted by Gasteiger charge is -2.03. The van der Waals surface area contributed by atoms with Gasteiger partial charge < -0.3 is 4.42 Å². The number of fused-ring (bicyclic) bond motifs is 1. The van der Waals surface area contributed by atoms with Crippen LogP contribution in [0.1, 0.15) is 22.8 Å². The Labute approximate surface area is 131 Å². The van der Waals surface area contributed by atoms with Crippen molar-refractivity contribution in [3.8, 4) is 0 Å². The van der Waals surface area contributed by atoms with Crippen molar-refractivity contribution in [2.24, 2.45) is 5.10 Å². The number of hydrogen-bond acceptors (Lipinski definition) is 5. The van der Waals surface area contributed by atoms with Crippen LogP contribution in [-0.4, -0.2) is 16.6 Å². The largest absolute Gasteiger partial charge is 0.422 e. The number of benzene rings is 1. The number of nitrogens with zero attached hydrogens (tertiary/aromatic N) is 2. The molecule has 0 bridgehead atoms. The lowest BCUT2D eigenvalue weighted by Crippen LogP contribution is -2.25. The highest BCUT2D eigenvalue weighted by Crippen LogP contribution is 2.12. The Morgan fingerprint density at radius 3 is 2.70 bits per heavy atom. The summed E-state index contributed by atoms with van der Waals surface area (Å²) in [7, 11) is 0. The molecule has 0 radical (unpaired) electrons. The number of hydrogen-bond donors (Lipinski definition) is 1. The Morgan fingerprint density at radius 2 is 1.91 bits per heavy atom. The van der Waals surface area contributed by atoms with Gasteiger partial charge in [-0.2, -0.15) is 5.10 Å². The van der Waals surface area contributed by atoms with E-state index in [1.54, 1.807) is 55.7 Å². The predicted octanol–water partition coefficient (Wildman–Crippen LogP) is 2.34. The number of amides is 1. The molecule has 0 spiro atoms. The standard InChI is InChI=1S/C17H13N3O3/c1-11(12-6-8-18-9-7-12)19-20-16(21)14-10-13-4-2-3-5-15(13)23-17(14)22/h2-10H,1H3,(H,20,21)/b19-11+. The number of aromatic nitrogens is 1. The fraction of sp³-hybridized carbons (Fsp3) is 0.0588. The minimum absolute atomic E-state index is 0.0880. The van der Waals surface area contributed by atoms with Gasteiger partial charge in [0, 0.05) is 23.3 Å². The number of hydrazone groups is 1. The van der Waals surface area contributed by atoms with Crippen molar-refractivity contribution in [1.29, 1.82) is 0 Å². The smallest absolute Gasteiger partial charge is 0.349 e. The van der Waals surface area contributed by atoms with Crippen LogP contribution in [0.3, 0.4) is 0 Å². The van der Waals surface area contributed by atoms with Crippen LogP contribution in [0.4, 0.5) is 0 Å². The summed E-state index contributed by atoms with van der Waals surface area (Å²) in [6.45, 7) is 1.75. The van der Waals surface area contributed by atoms with Crippen LogP contribution >= 0.6 is 0 Å². The lowest BCUT2D eigenvalue weighted by molar-refractivity contribution is 0.0951. The van der Waals surface area contributed by atoms with Crippen molar-refractivity contribution in [3.05, 3.63) is 76.4 Å². The maximum absolute atomic E-state index is 12.2. The zero-order chi connectivity index (χ0) is 16.2. The Balaban J connectivity index is 1.86. The highest BCUT2D eigenvalue weighted by molar-refractivity contribution is 6.01. The Morgan fingerprint density at radius 1 is 1.17 bits per heavy atom. The molecule has 114 valence electrons. The minimum Gasteiger partial charge on any atom is -0.422 e.